The Morgan fingerprint density at radius 1 is 1.47 bits per heavy atom. The number of hydrogen-bond acceptors (Lipinski definition) is 5. The number of fused-ring (bicyclic) bond motifs is 1. The van der Waals surface area contributed by atoms with Crippen LogP contribution in [0.1, 0.15) is 20.4 Å². The van der Waals surface area contributed by atoms with E-state index in [0.717, 1.165) is 36.5 Å². The Morgan fingerprint density at radius 2 is 2.13 bits per heavy atom. The summed E-state index contributed by atoms with van der Waals surface area (Å²) in [6, 6.07) is 0. The monoisotopic (exact) mass is 218 g/mol. The van der Waals surface area contributed by atoms with E-state index >= 15 is 0 Å². The summed E-state index contributed by atoms with van der Waals surface area (Å²) in [5.74, 6) is -1.16. The van der Waals surface area contributed by atoms with Crippen molar-refractivity contribution < 1.29 is 28.8 Å². The summed E-state index contributed by atoms with van der Waals surface area (Å²) in [5.41, 5.74) is 0.943. The summed E-state index contributed by atoms with van der Waals surface area (Å²) in [7, 11) is 2.07. The third-order valence-corrected chi connectivity index (χ3v) is 3.54. The number of rotatable bonds is 1. The number of carboxylic acid groups (broad SMARTS) is 1. The molecule has 0 N–H and O–H groups in total. The topological polar surface area (TPSA) is 56.3 Å². The molecule has 76 valence electrons. The molecule has 0 saturated carbocycles. The van der Waals surface area contributed by atoms with E-state index in [2.05, 4.69) is 16.9 Å². The van der Waals surface area contributed by atoms with Crippen LogP contribution in [0, 0.1) is 0 Å². The molecule has 2 rings (SSSR count). The van der Waals surface area contributed by atoms with E-state index in [1.165, 1.54) is 11.3 Å². The van der Waals surface area contributed by atoms with Gasteiger partial charge in [-0.2, -0.15) is 0 Å². The molecule has 0 aromatic carbocycles. The van der Waals surface area contributed by atoms with Crippen molar-refractivity contribution in [2.24, 2.45) is 0 Å². The van der Waals surface area contributed by atoms with Gasteiger partial charge in [-0.3, -0.25) is 0 Å². The van der Waals surface area contributed by atoms with Gasteiger partial charge in [0, 0.05) is 24.4 Å². The van der Waals surface area contributed by atoms with Crippen molar-refractivity contribution in [1.29, 1.82) is 0 Å². The molecular formula is C9H11LiN2O2S. The third kappa shape index (κ3) is 2.82. The van der Waals surface area contributed by atoms with Gasteiger partial charge in [-0.15, -0.1) is 11.3 Å². The fourth-order valence-corrected chi connectivity index (χ4v) is 2.49. The average molecular weight is 218 g/mol. The minimum atomic E-state index is -1.16. The van der Waals surface area contributed by atoms with Gasteiger partial charge in [-0.05, 0) is 13.5 Å². The molecule has 0 saturated heterocycles. The Morgan fingerprint density at radius 3 is 2.80 bits per heavy atom. The van der Waals surface area contributed by atoms with Crippen molar-refractivity contribution in [1.82, 2.24) is 9.88 Å². The van der Waals surface area contributed by atoms with E-state index in [4.69, 9.17) is 0 Å². The first-order chi connectivity index (χ1) is 6.66. The third-order valence-electron chi connectivity index (χ3n) is 2.40. The van der Waals surface area contributed by atoms with Crippen LogP contribution in [0.15, 0.2) is 0 Å². The molecule has 1 aliphatic heterocycles. The van der Waals surface area contributed by atoms with E-state index in [1.54, 1.807) is 0 Å². The first-order valence-corrected chi connectivity index (χ1v) is 5.37. The molecule has 0 aliphatic carbocycles. The largest absolute Gasteiger partial charge is 1.00 e. The minimum absolute atomic E-state index is 0. The van der Waals surface area contributed by atoms with Gasteiger partial charge >= 0.3 is 18.9 Å². The predicted octanol–water partition coefficient (Wildman–Crippen LogP) is -3.46. The first kappa shape index (κ1) is 12.7. The van der Waals surface area contributed by atoms with E-state index in [1.807, 2.05) is 0 Å². The zero-order valence-electron chi connectivity index (χ0n) is 8.95. The molecule has 0 radical (unpaired) electrons. The number of carbonyl (C=O) groups excluding carboxylic acids is 1. The summed E-state index contributed by atoms with van der Waals surface area (Å²) in [6.45, 7) is 1.92. The van der Waals surface area contributed by atoms with Crippen molar-refractivity contribution in [3.05, 3.63) is 15.6 Å². The molecule has 6 heteroatoms. The van der Waals surface area contributed by atoms with Gasteiger partial charge in [-0.1, -0.05) is 0 Å². The number of carboxylic acids is 1. The van der Waals surface area contributed by atoms with Gasteiger partial charge < -0.3 is 14.8 Å². The van der Waals surface area contributed by atoms with Crippen LogP contribution in [-0.2, 0) is 12.8 Å². The Labute approximate surface area is 104 Å². The normalized spacial score (nSPS) is 16.3. The Balaban J connectivity index is 0.00000112. The minimum Gasteiger partial charge on any atom is -0.542 e. The second kappa shape index (κ2) is 5.13. The van der Waals surface area contributed by atoms with Gasteiger partial charge in [-0.25, -0.2) is 4.98 Å². The molecule has 1 aromatic rings. The second-order valence-corrected chi connectivity index (χ2v) is 4.56. The maximum Gasteiger partial charge on any atom is 1.00 e. The van der Waals surface area contributed by atoms with Crippen molar-refractivity contribution in [2.45, 2.75) is 12.8 Å². The smallest absolute Gasteiger partial charge is 0.542 e. The molecule has 0 atom stereocenters. The predicted molar refractivity (Wildman–Crippen MR) is 51.3 cm³/mol. The molecule has 0 bridgehead atoms. The number of aromatic carboxylic acids is 1. The fourth-order valence-electron chi connectivity index (χ4n) is 1.56. The number of thiazole rings is 1. The van der Waals surface area contributed by atoms with Crippen molar-refractivity contribution in [3.8, 4) is 0 Å². The Hall–Kier alpha value is -0.343. The maximum absolute atomic E-state index is 10.6. The van der Waals surface area contributed by atoms with E-state index < -0.39 is 5.97 Å². The van der Waals surface area contributed by atoms with E-state index in [0.29, 0.717) is 0 Å². The zero-order valence-corrected chi connectivity index (χ0v) is 9.76. The average Bonchev–Trinajstić information content (AvgIpc) is 2.48. The summed E-state index contributed by atoms with van der Waals surface area (Å²) in [6.07, 6.45) is 1.74. The Bertz CT molecular complexity index is 341. The fraction of sp³-hybridized carbons (Fsp3) is 0.556. The number of hydrogen-bond donors (Lipinski definition) is 0. The van der Waals surface area contributed by atoms with Crippen LogP contribution in [0.3, 0.4) is 0 Å². The van der Waals surface area contributed by atoms with Crippen molar-refractivity contribution in [2.75, 3.05) is 20.1 Å². The summed E-state index contributed by atoms with van der Waals surface area (Å²) >= 11 is 1.26. The molecule has 0 fully saturated rings. The Kier molecular flexibility index (Phi) is 4.35. The van der Waals surface area contributed by atoms with Gasteiger partial charge in [0.05, 0.1) is 5.69 Å². The van der Waals surface area contributed by atoms with Crippen LogP contribution < -0.4 is 24.0 Å². The number of carbonyl (C=O) groups is 1. The number of likely N-dealkylation sites (N-methyl/N-ethyl adjacent to an activating group) is 1. The molecule has 0 spiro atoms. The molecule has 2 heterocycles. The number of aromatic nitrogens is 1. The van der Waals surface area contributed by atoms with Crippen LogP contribution in [0.5, 0.6) is 0 Å². The quantitative estimate of drug-likeness (QED) is 0.460. The molecule has 4 nitrogen and oxygen atoms in total. The van der Waals surface area contributed by atoms with Crippen molar-refractivity contribution in [3.63, 3.8) is 0 Å². The maximum atomic E-state index is 10.6. The molecular weight excluding hydrogens is 207 g/mol. The van der Waals surface area contributed by atoms with Gasteiger partial charge in [0.1, 0.15) is 11.0 Å². The zero-order chi connectivity index (χ0) is 10.1. The molecule has 0 unspecified atom stereocenters. The van der Waals surface area contributed by atoms with Crippen molar-refractivity contribution >= 4 is 17.3 Å². The van der Waals surface area contributed by atoms with Crippen LogP contribution in [0.2, 0.25) is 0 Å². The van der Waals surface area contributed by atoms with Crippen LogP contribution in [-0.4, -0.2) is 36.0 Å². The van der Waals surface area contributed by atoms with Gasteiger partial charge in [0.2, 0.25) is 0 Å². The molecule has 15 heavy (non-hydrogen) atoms. The van der Waals surface area contributed by atoms with Gasteiger partial charge in [0.15, 0.2) is 0 Å². The van der Waals surface area contributed by atoms with Crippen LogP contribution in [0.4, 0.5) is 0 Å². The van der Waals surface area contributed by atoms with E-state index in [9.17, 15) is 9.90 Å². The standard InChI is InChI=1S/C9H12N2O2S.Li/c1-11-4-2-6-7(3-5-11)14-8(10-6)9(12)13;/h2-5H2,1H3,(H,12,13);/q;+1/p-1. The summed E-state index contributed by atoms with van der Waals surface area (Å²) in [5, 5.41) is 10.7. The number of nitrogens with zero attached hydrogens (tertiary/aromatic N) is 2. The van der Waals surface area contributed by atoms with Crippen LogP contribution in [0.25, 0.3) is 0 Å². The molecule has 1 aromatic heterocycles. The summed E-state index contributed by atoms with van der Waals surface area (Å²) in [4.78, 5) is 18.0. The van der Waals surface area contributed by atoms with Crippen LogP contribution >= 0.6 is 11.3 Å². The first-order valence-electron chi connectivity index (χ1n) is 4.55. The molecule has 0 amide bonds. The van der Waals surface area contributed by atoms with E-state index in [-0.39, 0.29) is 23.9 Å². The summed E-state index contributed by atoms with van der Waals surface area (Å²) < 4.78 is 0. The second-order valence-electron chi connectivity index (χ2n) is 3.48. The SMILES string of the molecule is CN1CCc2nc(C(=O)[O-])sc2CC1.[Li+]. The van der Waals surface area contributed by atoms with Gasteiger partial charge in [0.25, 0.3) is 0 Å². The molecule has 1 aliphatic rings.